The van der Waals surface area contributed by atoms with Crippen molar-refractivity contribution in [3.8, 4) is 5.75 Å². The molecule has 0 spiro atoms. The Hall–Kier alpha value is -0.100. The van der Waals surface area contributed by atoms with Gasteiger partial charge in [-0.2, -0.15) is 0 Å². The third kappa shape index (κ3) is 1.32. The monoisotopic (exact) mass is 268 g/mol. The van der Waals surface area contributed by atoms with Crippen molar-refractivity contribution in [2.75, 3.05) is 7.11 Å². The number of methoxy groups -OCH3 is 1. The lowest BCUT2D eigenvalue weighted by Gasteiger charge is -1.95. The van der Waals surface area contributed by atoms with Crippen LogP contribution in [-0.2, 0) is 0 Å². The Balaban J connectivity index is 3.12. The molecule has 1 rings (SSSR count). The van der Waals surface area contributed by atoms with E-state index in [-0.39, 0.29) is 0 Å². The molecule has 1 aromatic rings. The van der Waals surface area contributed by atoms with Crippen LogP contribution >= 0.6 is 33.9 Å². The van der Waals surface area contributed by atoms with Gasteiger partial charge in [-0.05, 0) is 22.6 Å². The topological polar surface area (TPSA) is 26.3 Å². The average molecular weight is 268 g/mol. The number of ether oxygens (including phenoxy) is 1. The summed E-state index contributed by atoms with van der Waals surface area (Å²) in [5.74, 6) is 0.695. The van der Waals surface area contributed by atoms with E-state index in [9.17, 15) is 4.79 Å². The highest BCUT2D eigenvalue weighted by atomic mass is 127. The van der Waals surface area contributed by atoms with Crippen molar-refractivity contribution in [3.63, 3.8) is 0 Å². The lowest BCUT2D eigenvalue weighted by molar-refractivity contribution is 0.112. The van der Waals surface area contributed by atoms with E-state index in [2.05, 4.69) is 22.6 Å². The predicted molar refractivity (Wildman–Crippen MR) is 49.0 cm³/mol. The normalized spacial score (nSPS) is 9.40. The second-order valence-corrected chi connectivity index (χ2v) is 4.31. The summed E-state index contributed by atoms with van der Waals surface area (Å²) in [7, 11) is 1.57. The van der Waals surface area contributed by atoms with Gasteiger partial charge in [0.05, 0.1) is 12.7 Å². The third-order valence-electron chi connectivity index (χ3n) is 1.06. The zero-order valence-corrected chi connectivity index (χ0v) is 8.23. The lowest BCUT2D eigenvalue weighted by atomic mass is 10.3. The number of halogens is 1. The standard InChI is InChI=1S/C6H5IO2S/c1-9-5-4(2-8)3-10-6(5)7/h2-3H,1H3. The van der Waals surface area contributed by atoms with Gasteiger partial charge in [0, 0.05) is 5.38 Å². The van der Waals surface area contributed by atoms with E-state index in [4.69, 9.17) is 4.74 Å². The van der Waals surface area contributed by atoms with Crippen molar-refractivity contribution < 1.29 is 9.53 Å². The van der Waals surface area contributed by atoms with Crippen molar-refractivity contribution in [2.45, 2.75) is 0 Å². The summed E-state index contributed by atoms with van der Waals surface area (Å²) in [5, 5.41) is 1.79. The molecule has 0 aliphatic rings. The Kier molecular flexibility index (Phi) is 2.67. The van der Waals surface area contributed by atoms with E-state index in [1.54, 1.807) is 12.5 Å². The molecule has 0 fully saturated rings. The van der Waals surface area contributed by atoms with Crippen LogP contribution < -0.4 is 4.74 Å². The van der Waals surface area contributed by atoms with Gasteiger partial charge in [0.1, 0.15) is 2.88 Å². The lowest BCUT2D eigenvalue weighted by Crippen LogP contribution is -1.86. The third-order valence-corrected chi connectivity index (χ3v) is 3.08. The molecule has 0 aromatic carbocycles. The zero-order valence-electron chi connectivity index (χ0n) is 5.26. The Labute approximate surface area is 76.3 Å². The second kappa shape index (κ2) is 3.34. The van der Waals surface area contributed by atoms with Crippen molar-refractivity contribution in [3.05, 3.63) is 13.8 Å². The minimum Gasteiger partial charge on any atom is -0.494 e. The van der Waals surface area contributed by atoms with Gasteiger partial charge < -0.3 is 4.74 Å². The van der Waals surface area contributed by atoms with Gasteiger partial charge >= 0.3 is 0 Å². The minimum atomic E-state index is 0.636. The Morgan fingerprint density at radius 1 is 1.80 bits per heavy atom. The Morgan fingerprint density at radius 2 is 2.50 bits per heavy atom. The summed E-state index contributed by atoms with van der Waals surface area (Å²) in [6.07, 6.45) is 0.803. The molecule has 0 bridgehead atoms. The predicted octanol–water partition coefficient (Wildman–Crippen LogP) is 2.17. The number of aldehydes is 1. The molecule has 1 aromatic heterocycles. The summed E-state index contributed by atoms with van der Waals surface area (Å²) in [6, 6.07) is 0. The zero-order chi connectivity index (χ0) is 7.56. The van der Waals surface area contributed by atoms with E-state index in [1.165, 1.54) is 11.3 Å². The Morgan fingerprint density at radius 3 is 2.90 bits per heavy atom. The van der Waals surface area contributed by atoms with Crippen LogP contribution in [0.5, 0.6) is 5.75 Å². The quantitative estimate of drug-likeness (QED) is 0.607. The van der Waals surface area contributed by atoms with Crippen LogP contribution in [0.3, 0.4) is 0 Å². The number of hydrogen-bond acceptors (Lipinski definition) is 3. The van der Waals surface area contributed by atoms with Gasteiger partial charge in [-0.25, -0.2) is 0 Å². The van der Waals surface area contributed by atoms with Crippen molar-refractivity contribution in [2.24, 2.45) is 0 Å². The van der Waals surface area contributed by atoms with Gasteiger partial charge in [-0.15, -0.1) is 11.3 Å². The molecule has 0 N–H and O–H groups in total. The highest BCUT2D eigenvalue weighted by molar-refractivity contribution is 14.1. The maximum atomic E-state index is 10.3. The molecule has 0 unspecified atom stereocenters. The molecule has 54 valence electrons. The van der Waals surface area contributed by atoms with Crippen molar-refractivity contribution in [1.29, 1.82) is 0 Å². The maximum Gasteiger partial charge on any atom is 0.154 e. The van der Waals surface area contributed by atoms with Crippen LogP contribution in [0.4, 0.5) is 0 Å². The molecule has 2 nitrogen and oxygen atoms in total. The van der Waals surface area contributed by atoms with Crippen molar-refractivity contribution in [1.82, 2.24) is 0 Å². The van der Waals surface area contributed by atoms with Crippen LogP contribution in [0.2, 0.25) is 0 Å². The number of carbonyl (C=O) groups excluding carboxylic acids is 1. The summed E-state index contributed by atoms with van der Waals surface area (Å²) in [6.45, 7) is 0. The van der Waals surface area contributed by atoms with Gasteiger partial charge in [0.15, 0.2) is 12.0 Å². The number of hydrogen-bond donors (Lipinski definition) is 0. The van der Waals surface area contributed by atoms with Gasteiger partial charge in [0.2, 0.25) is 0 Å². The van der Waals surface area contributed by atoms with E-state index in [0.717, 1.165) is 9.17 Å². The van der Waals surface area contributed by atoms with Crippen LogP contribution in [0.25, 0.3) is 0 Å². The summed E-state index contributed by atoms with van der Waals surface area (Å²) < 4.78 is 5.99. The molecule has 0 aliphatic carbocycles. The summed E-state index contributed by atoms with van der Waals surface area (Å²) in [5.41, 5.74) is 0.636. The first kappa shape index (κ1) is 8.00. The fourth-order valence-corrected chi connectivity index (χ4v) is 2.23. The highest BCUT2D eigenvalue weighted by Crippen LogP contribution is 2.30. The Bertz CT molecular complexity index is 244. The van der Waals surface area contributed by atoms with Crippen LogP contribution in [-0.4, -0.2) is 13.4 Å². The molecular formula is C6H5IO2S. The fraction of sp³-hybridized carbons (Fsp3) is 0.167. The van der Waals surface area contributed by atoms with E-state index in [0.29, 0.717) is 11.3 Å². The van der Waals surface area contributed by atoms with Crippen molar-refractivity contribution >= 4 is 40.2 Å². The first-order chi connectivity index (χ1) is 4.79. The second-order valence-electron chi connectivity index (χ2n) is 1.62. The smallest absolute Gasteiger partial charge is 0.154 e. The van der Waals surface area contributed by atoms with Gasteiger partial charge in [-0.1, -0.05) is 0 Å². The number of carbonyl (C=O) groups is 1. The molecule has 10 heavy (non-hydrogen) atoms. The maximum absolute atomic E-state index is 10.3. The first-order valence-corrected chi connectivity index (χ1v) is 4.51. The van der Waals surface area contributed by atoms with E-state index in [1.807, 2.05) is 0 Å². The van der Waals surface area contributed by atoms with E-state index >= 15 is 0 Å². The summed E-state index contributed by atoms with van der Waals surface area (Å²) in [4.78, 5) is 10.3. The van der Waals surface area contributed by atoms with E-state index < -0.39 is 0 Å². The molecule has 0 radical (unpaired) electrons. The molecule has 0 saturated carbocycles. The first-order valence-electron chi connectivity index (χ1n) is 2.55. The van der Waals surface area contributed by atoms with Gasteiger partial charge in [-0.3, -0.25) is 4.79 Å². The largest absolute Gasteiger partial charge is 0.494 e. The molecule has 1 heterocycles. The van der Waals surface area contributed by atoms with Crippen LogP contribution in [0.1, 0.15) is 10.4 Å². The molecule has 0 atom stereocenters. The SMILES string of the molecule is COc1c(C=O)csc1I. The molecule has 0 saturated heterocycles. The molecule has 0 amide bonds. The fourth-order valence-electron chi connectivity index (χ4n) is 0.615. The molecular weight excluding hydrogens is 263 g/mol. The molecule has 4 heteroatoms. The van der Waals surface area contributed by atoms with Crippen LogP contribution in [0, 0.1) is 2.88 Å². The summed E-state index contributed by atoms with van der Waals surface area (Å²) >= 11 is 3.65. The van der Waals surface area contributed by atoms with Gasteiger partial charge in [0.25, 0.3) is 0 Å². The number of thiophene rings is 1. The number of rotatable bonds is 2. The van der Waals surface area contributed by atoms with Crippen LogP contribution in [0.15, 0.2) is 5.38 Å². The minimum absolute atomic E-state index is 0.636. The molecule has 0 aliphatic heterocycles. The highest BCUT2D eigenvalue weighted by Gasteiger charge is 2.07. The average Bonchev–Trinajstić information content (AvgIpc) is 2.30.